The van der Waals surface area contributed by atoms with Crippen LogP contribution in [0.4, 0.5) is 0 Å². The highest BCUT2D eigenvalue weighted by molar-refractivity contribution is 7.47. The number of allylic oxidation sites excluding steroid dienone is 28. The number of phosphoric acid groups is 2. The summed E-state index contributed by atoms with van der Waals surface area (Å²) < 4.78 is 61.5. The Morgan fingerprint density at radius 2 is 0.453 bits per heavy atom. The maximum Gasteiger partial charge on any atom is 0.472 e. The van der Waals surface area contributed by atoms with Gasteiger partial charge in [-0.3, -0.25) is 32.5 Å². The van der Waals surface area contributed by atoms with E-state index in [4.69, 9.17) is 32.3 Å². The molecule has 0 aliphatic rings. The Labute approximate surface area is 713 Å². The van der Waals surface area contributed by atoms with Gasteiger partial charge in [0.15, 0.2) is 6.10 Å². The smallest absolute Gasteiger partial charge is 0.463 e. The number of esters is 3. The van der Waals surface area contributed by atoms with Crippen molar-refractivity contribution in [3.8, 4) is 0 Å². The van der Waals surface area contributed by atoms with Gasteiger partial charge in [-0.1, -0.05) is 377 Å². The van der Waals surface area contributed by atoms with E-state index in [0.29, 0.717) is 19.3 Å². The first-order valence-electron chi connectivity index (χ1n) is 46.4. The van der Waals surface area contributed by atoms with E-state index in [9.17, 15) is 43.5 Å². The second-order valence-electron chi connectivity index (χ2n) is 30.7. The van der Waals surface area contributed by atoms with Crippen molar-refractivity contribution in [1.29, 1.82) is 0 Å². The van der Waals surface area contributed by atoms with Gasteiger partial charge in [-0.2, -0.15) is 0 Å². The second-order valence-corrected chi connectivity index (χ2v) is 33.6. The fourth-order valence-corrected chi connectivity index (χ4v) is 14.0. The molecule has 0 aromatic heterocycles. The number of phosphoric ester groups is 2. The third kappa shape index (κ3) is 91.5. The number of rotatable bonds is 87. The third-order valence-corrected chi connectivity index (χ3v) is 21.3. The highest BCUT2D eigenvalue weighted by Crippen LogP contribution is 2.45. The van der Waals surface area contributed by atoms with E-state index in [2.05, 4.69) is 191 Å². The maximum absolute atomic E-state index is 13.1. The minimum Gasteiger partial charge on any atom is -0.463 e. The first-order chi connectivity index (χ1) is 57.2. The molecule has 0 aromatic carbocycles. The first-order valence-corrected chi connectivity index (χ1v) is 49.4. The number of hydrogen-bond acceptors (Lipinski definition) is 14. The molecule has 5 unspecified atom stereocenters. The van der Waals surface area contributed by atoms with Crippen LogP contribution in [0.15, 0.2) is 170 Å². The molecular weight excluding hydrogens is 1510 g/mol. The van der Waals surface area contributed by atoms with Gasteiger partial charge in [0, 0.05) is 19.3 Å². The van der Waals surface area contributed by atoms with Gasteiger partial charge in [0.05, 0.1) is 26.4 Å². The van der Waals surface area contributed by atoms with E-state index < -0.39 is 91.5 Å². The lowest BCUT2D eigenvalue weighted by molar-refractivity contribution is -0.161. The average molecular weight is 1680 g/mol. The van der Waals surface area contributed by atoms with E-state index >= 15 is 0 Å². The van der Waals surface area contributed by atoms with Crippen molar-refractivity contribution in [2.75, 3.05) is 39.6 Å². The fraction of sp³-hybridized carbons (Fsp3) is 0.687. The molecule has 0 saturated heterocycles. The summed E-state index contributed by atoms with van der Waals surface area (Å²) in [5.74, 6) is -1.58. The monoisotopic (exact) mass is 1680 g/mol. The number of aliphatic hydroxyl groups is 2. The third-order valence-electron chi connectivity index (χ3n) is 19.4. The van der Waals surface area contributed by atoms with Gasteiger partial charge in [0.1, 0.15) is 25.4 Å². The molecule has 16 nitrogen and oxygen atoms in total. The summed E-state index contributed by atoms with van der Waals surface area (Å²) in [4.78, 5) is 59.1. The van der Waals surface area contributed by atoms with Gasteiger partial charge in [-0.05, 0) is 154 Å². The van der Waals surface area contributed by atoms with Crippen LogP contribution in [0, 0.1) is 0 Å². The molecule has 0 amide bonds. The molecule has 0 aliphatic heterocycles. The summed E-state index contributed by atoms with van der Waals surface area (Å²) in [5, 5.41) is 20.7. The van der Waals surface area contributed by atoms with Gasteiger partial charge < -0.3 is 34.2 Å². The Morgan fingerprint density at radius 1 is 0.248 bits per heavy atom. The predicted molar refractivity (Wildman–Crippen MR) is 491 cm³/mol. The molecule has 670 valence electrons. The van der Waals surface area contributed by atoms with Crippen molar-refractivity contribution < 1.29 is 75.8 Å². The van der Waals surface area contributed by atoms with Gasteiger partial charge in [0.25, 0.3) is 0 Å². The van der Waals surface area contributed by atoms with Crippen LogP contribution in [0.25, 0.3) is 0 Å². The van der Waals surface area contributed by atoms with Crippen molar-refractivity contribution in [3.63, 3.8) is 0 Å². The molecule has 0 aliphatic carbocycles. The van der Waals surface area contributed by atoms with Crippen LogP contribution in [-0.2, 0) is 55.8 Å². The van der Waals surface area contributed by atoms with Crippen LogP contribution in [0.1, 0.15) is 380 Å². The minimum atomic E-state index is -4.95. The van der Waals surface area contributed by atoms with Crippen molar-refractivity contribution >= 4 is 33.6 Å². The quantitative estimate of drug-likeness (QED) is 0.0146. The average Bonchev–Trinajstić information content (AvgIpc) is 0.897. The van der Waals surface area contributed by atoms with Gasteiger partial charge >= 0.3 is 33.6 Å². The van der Waals surface area contributed by atoms with Crippen LogP contribution < -0.4 is 0 Å². The Kier molecular flexibility index (Phi) is 86.2. The summed E-state index contributed by atoms with van der Waals surface area (Å²) in [6, 6.07) is 0. The SMILES string of the molecule is CC/C=C\C/C=C\C/C=C\C/C=C\C/C=C\CCCCCCCCCCCCCC(=O)OCC(COP(=O)(O)OCC(O)COP(=O)(O)OCC(O)COC(=O)CCCCCCCCCCCCCCC/C=C\C/C=C\C/C=C\C/C=C\CCCCC)OC(=O)CCCCCCCCCCC/C=C\C/C=C\C/C=C\C/C=C\C/C=C\CC. The van der Waals surface area contributed by atoms with E-state index in [-0.39, 0.29) is 19.3 Å². The summed E-state index contributed by atoms with van der Waals surface area (Å²) >= 11 is 0. The summed E-state index contributed by atoms with van der Waals surface area (Å²) in [6.45, 7) is 2.46. The lowest BCUT2D eigenvalue weighted by Crippen LogP contribution is -2.30. The van der Waals surface area contributed by atoms with Crippen LogP contribution in [0.3, 0.4) is 0 Å². The Balaban J connectivity index is 4.66. The lowest BCUT2D eigenvalue weighted by atomic mass is 10.0. The van der Waals surface area contributed by atoms with Crippen molar-refractivity contribution in [1.82, 2.24) is 0 Å². The van der Waals surface area contributed by atoms with Crippen LogP contribution in [-0.4, -0.2) is 95.9 Å². The number of unbranched alkanes of at least 4 members (excludes halogenated alkanes) is 36. The fourth-order valence-electron chi connectivity index (χ4n) is 12.4. The topological polar surface area (TPSA) is 231 Å². The molecule has 18 heteroatoms. The molecule has 4 N–H and O–H groups in total. The maximum atomic E-state index is 13.1. The number of hydrogen-bond donors (Lipinski definition) is 4. The van der Waals surface area contributed by atoms with E-state index in [0.717, 1.165) is 173 Å². The van der Waals surface area contributed by atoms with Crippen molar-refractivity contribution in [2.45, 2.75) is 399 Å². The molecule has 0 heterocycles. The molecule has 0 radical (unpaired) electrons. The first kappa shape index (κ1) is 112. The number of carbonyl (C=O) groups excluding carboxylic acids is 3. The standard InChI is InChI=1S/C99H168O16P2/c1-4-7-10-13-16-19-22-25-28-31-34-37-40-43-45-46-48-51-52-55-58-61-64-67-70-73-76-79-82-85-97(102)109-88-94(100)89-111-116(105,106)112-90-95(101)91-113-117(107,108)114-93-96(115-99(104)87-84-81-78-75-72-69-66-63-60-57-54-49-42-39-36-33-30-27-24-21-18-15-12-9-6-3)92-110-98(103)86-83-80-77-74-71-68-65-62-59-56-53-50-47-44-41-38-35-32-29-26-23-20-17-14-11-8-5-2/h8-9,11-12,16-21,25-30,34-39,43-45,47,49,54,94-96,100-101H,4-7,10,13-15,22-24,31-33,40-42,46,48,50-53,55-93H2,1-3H3,(H,105,106)(H,107,108)/b11-8-,12-9-,19-16-,20-17-,21-18-,28-25-,29-26-,30-27-,37-34-,38-35-,39-36-,45-43-,47-44-,54-49-. The van der Waals surface area contributed by atoms with Crippen LogP contribution in [0.5, 0.6) is 0 Å². The normalized spacial score (nSPS) is 14.6. The highest BCUT2D eigenvalue weighted by Gasteiger charge is 2.29. The molecule has 0 aromatic rings. The molecule has 5 atom stereocenters. The summed E-state index contributed by atoms with van der Waals surface area (Å²) in [7, 11) is -9.82. The lowest BCUT2D eigenvalue weighted by Gasteiger charge is -2.21. The van der Waals surface area contributed by atoms with E-state index in [1.807, 2.05) is 0 Å². The highest BCUT2D eigenvalue weighted by atomic mass is 31.2. The largest absolute Gasteiger partial charge is 0.472 e. The zero-order valence-electron chi connectivity index (χ0n) is 73.8. The zero-order valence-corrected chi connectivity index (χ0v) is 75.6. The molecule has 0 fully saturated rings. The van der Waals surface area contributed by atoms with E-state index in [1.165, 1.54) is 148 Å². The van der Waals surface area contributed by atoms with Crippen LogP contribution >= 0.6 is 15.6 Å². The van der Waals surface area contributed by atoms with Crippen molar-refractivity contribution in [2.24, 2.45) is 0 Å². The van der Waals surface area contributed by atoms with Gasteiger partial charge in [0.2, 0.25) is 0 Å². The van der Waals surface area contributed by atoms with Gasteiger partial charge in [-0.15, -0.1) is 0 Å². The predicted octanol–water partition coefficient (Wildman–Crippen LogP) is 28.7. The Bertz CT molecular complexity index is 2810. The van der Waals surface area contributed by atoms with E-state index in [1.54, 1.807) is 0 Å². The Morgan fingerprint density at radius 3 is 0.718 bits per heavy atom. The minimum absolute atomic E-state index is 0.0915. The molecular formula is C99H168O16P2. The number of aliphatic hydroxyl groups excluding tert-OH is 2. The molecule has 0 rings (SSSR count). The number of carbonyl (C=O) groups is 3. The molecule has 0 bridgehead atoms. The Hall–Kier alpha value is -5.09. The molecule has 0 saturated carbocycles. The van der Waals surface area contributed by atoms with Gasteiger partial charge in [-0.25, -0.2) is 9.13 Å². The molecule has 117 heavy (non-hydrogen) atoms. The van der Waals surface area contributed by atoms with Crippen molar-refractivity contribution in [3.05, 3.63) is 170 Å². The summed E-state index contributed by atoms with van der Waals surface area (Å²) in [5.41, 5.74) is 0. The van der Waals surface area contributed by atoms with Crippen LogP contribution in [0.2, 0.25) is 0 Å². The molecule has 0 spiro atoms. The summed E-state index contributed by atoms with van der Waals surface area (Å²) in [6.07, 6.45) is 117. The second kappa shape index (κ2) is 90.2. The zero-order chi connectivity index (χ0) is 85.1. The number of ether oxygens (including phenoxy) is 3.